The van der Waals surface area contributed by atoms with E-state index >= 15 is 0 Å². The molecule has 81 heavy (non-hydrogen) atoms. The molecule has 2 saturated heterocycles. The number of amides is 5. The van der Waals surface area contributed by atoms with Crippen molar-refractivity contribution in [1.29, 1.82) is 0 Å². The summed E-state index contributed by atoms with van der Waals surface area (Å²) in [6.45, 7) is 13.5. The van der Waals surface area contributed by atoms with E-state index in [-0.39, 0.29) is 88.3 Å². The summed E-state index contributed by atoms with van der Waals surface area (Å²) in [5.41, 5.74) is 1.32. The molecule has 6 rings (SSSR count). The lowest BCUT2D eigenvalue weighted by Gasteiger charge is -2.41. The lowest BCUT2D eigenvalue weighted by atomic mass is 9.82. The molecule has 0 aliphatic carbocycles. The van der Waals surface area contributed by atoms with Gasteiger partial charge in [-0.25, -0.2) is 9.59 Å². The van der Waals surface area contributed by atoms with Gasteiger partial charge in [-0.15, -0.1) is 0 Å². The molecule has 4 bridgehead atoms. The van der Waals surface area contributed by atoms with E-state index < -0.39 is 77.3 Å². The Morgan fingerprint density at radius 1 is 1.05 bits per heavy atom. The van der Waals surface area contributed by atoms with E-state index in [1.807, 2.05) is 50.4 Å². The van der Waals surface area contributed by atoms with Crippen molar-refractivity contribution in [3.05, 3.63) is 82.5 Å². The van der Waals surface area contributed by atoms with Crippen molar-refractivity contribution in [3.63, 3.8) is 0 Å². The highest BCUT2D eigenvalue weighted by Crippen LogP contribution is 2.49. The number of allylic oxidation sites excluding steroid dienone is 3. The summed E-state index contributed by atoms with van der Waals surface area (Å²) in [5, 5.41) is 21.0. The van der Waals surface area contributed by atoms with E-state index in [9.17, 15) is 38.7 Å². The second-order valence-electron chi connectivity index (χ2n) is 21.7. The molecule has 0 saturated carbocycles. The van der Waals surface area contributed by atoms with Crippen LogP contribution in [0.3, 0.4) is 0 Å². The molecule has 9 atom stereocenters. The average molecular weight is 1150 g/mol. The van der Waals surface area contributed by atoms with Gasteiger partial charge in [0.25, 0.3) is 0 Å². The number of Topliss-reactive ketones (excluding diaryl/α,β-unsaturated/α-hetero) is 1. The zero-order valence-corrected chi connectivity index (χ0v) is 49.2. The normalized spacial score (nSPS) is 24.8. The molecule has 0 spiro atoms. The first-order chi connectivity index (χ1) is 38.5. The molecule has 4 N–H and O–H groups in total. The number of nitrogens with one attached hydrogen (secondary N) is 3. The number of hydrogen-bond donors (Lipinski definition) is 4. The van der Waals surface area contributed by atoms with E-state index in [4.69, 9.17) is 40.0 Å². The number of benzene rings is 2. The first-order valence-electron chi connectivity index (χ1n) is 27.7. The molecule has 4 heterocycles. The summed E-state index contributed by atoms with van der Waals surface area (Å²) in [6, 6.07) is 12.6. The van der Waals surface area contributed by atoms with Crippen molar-refractivity contribution in [2.24, 2.45) is 17.8 Å². The fraction of sp³-hybridized carbons (Fsp3) is 0.576. The van der Waals surface area contributed by atoms with Gasteiger partial charge in [0.2, 0.25) is 24.1 Å². The standard InChI is InChI=1S/C59H82ClN7O14/c1-11-64(7)35-44-30-42-17-12-13-18-46(42)67(44)22-19-45(69)31-43(34-61-36-68)55(72)62-21-24-78-26-25-77-23-20-51(70)65(8)40(5)56(73)80-50-32-52(71)66(9)47-28-41(29-48(76-10)53(47)60)27-37(2)15-14-16-38(3)59(75)33-49(79-57(74)63-59)39(4)54-58(50,6)81-54/h12-18,28-30,36,38-40,43,49-50,54,75H,11,19-27,31-35H2,1-10H3,(H,61,68)(H,62,72)(H,63,74)/b16-14+,37-15+/t38-,39-,40+,43+,49+,50+,54+,58-,59+/m1/s1. The van der Waals surface area contributed by atoms with E-state index in [1.165, 1.54) is 30.9 Å². The molecular formula is C59H82ClN7O14. The van der Waals surface area contributed by atoms with Gasteiger partial charge in [0, 0.05) is 82.6 Å². The Bertz CT molecular complexity index is 2790. The van der Waals surface area contributed by atoms with Crippen LogP contribution in [0.1, 0.15) is 84.9 Å². The summed E-state index contributed by atoms with van der Waals surface area (Å²) in [5.74, 6) is -3.67. The number of ketones is 1. The maximum Gasteiger partial charge on any atom is 0.409 e. The maximum absolute atomic E-state index is 14.3. The SMILES string of the molecule is CCN(C)Cc1cc2ccccc2n1CCC(=O)C[C@@H](CNC=O)C(=O)NCCOCCOCCC(=O)N(C)[C@@H](C)C(=O)O[C@H]1CC(=O)N(C)c2cc(cc(OC)c2Cl)C/C(C)=C/C=C/[C@@H](C)[C@@]2(O)C[C@H](OC(=O)N2)[C@@H](C)[C@@H]2O[C@]12C. The van der Waals surface area contributed by atoms with E-state index in [0.29, 0.717) is 30.8 Å². The molecule has 1 aromatic heterocycles. The van der Waals surface area contributed by atoms with Gasteiger partial charge < -0.3 is 63.4 Å². The average Bonchev–Trinajstić information content (AvgIpc) is 4.12. The third-order valence-corrected chi connectivity index (χ3v) is 16.2. The Hall–Kier alpha value is -6.36. The number of rotatable bonds is 25. The van der Waals surface area contributed by atoms with Crippen LogP contribution in [-0.4, -0.2) is 171 Å². The number of carbonyl (C=O) groups excluding carboxylic acids is 7. The Morgan fingerprint density at radius 3 is 2.49 bits per heavy atom. The molecule has 0 radical (unpaired) electrons. The minimum atomic E-state index is -1.66. The second-order valence-corrected chi connectivity index (χ2v) is 22.1. The number of methoxy groups -OCH3 is 1. The van der Waals surface area contributed by atoms with Crippen LogP contribution in [0.5, 0.6) is 5.75 Å². The molecule has 3 aromatic rings. The third-order valence-electron chi connectivity index (χ3n) is 15.8. The van der Waals surface area contributed by atoms with E-state index in [2.05, 4.69) is 38.4 Å². The predicted molar refractivity (Wildman–Crippen MR) is 304 cm³/mol. The molecule has 22 heteroatoms. The Morgan fingerprint density at radius 2 is 1.78 bits per heavy atom. The van der Waals surface area contributed by atoms with Crippen molar-refractivity contribution in [2.75, 3.05) is 79.2 Å². The zero-order chi connectivity index (χ0) is 59.2. The number of aliphatic hydroxyl groups is 1. The minimum absolute atomic E-state index is 0.00197. The first kappa shape index (κ1) is 63.8. The summed E-state index contributed by atoms with van der Waals surface area (Å²) in [6.07, 6.45) is 2.71. The van der Waals surface area contributed by atoms with Gasteiger partial charge in [0.1, 0.15) is 46.1 Å². The quantitative estimate of drug-likeness (QED) is 0.0354. The fourth-order valence-corrected chi connectivity index (χ4v) is 10.6. The Kier molecular flexibility index (Phi) is 22.9. The number of anilines is 1. The van der Waals surface area contributed by atoms with Crippen molar-refractivity contribution >= 4 is 70.2 Å². The molecule has 0 unspecified atom stereocenters. The number of likely N-dealkylation sites (N-methyl/N-ethyl adjacent to an activating group) is 1. The highest BCUT2D eigenvalue weighted by molar-refractivity contribution is 6.35. The maximum atomic E-state index is 14.3. The van der Waals surface area contributed by atoms with Gasteiger partial charge >= 0.3 is 12.1 Å². The van der Waals surface area contributed by atoms with Crippen LogP contribution in [0.25, 0.3) is 10.9 Å². The van der Waals surface area contributed by atoms with Crippen LogP contribution < -0.4 is 25.6 Å². The smallest absolute Gasteiger partial charge is 0.409 e. The lowest BCUT2D eigenvalue weighted by Crippen LogP contribution is -2.60. The van der Waals surface area contributed by atoms with Gasteiger partial charge in [-0.1, -0.05) is 74.4 Å². The van der Waals surface area contributed by atoms with Gasteiger partial charge in [0.05, 0.1) is 64.1 Å². The second kappa shape index (κ2) is 29.1. The number of alkyl carbamates (subject to hydrolysis) is 1. The summed E-state index contributed by atoms with van der Waals surface area (Å²) < 4.78 is 37.2. The van der Waals surface area contributed by atoms with Crippen molar-refractivity contribution in [3.8, 4) is 5.75 Å². The summed E-state index contributed by atoms with van der Waals surface area (Å²) in [4.78, 5) is 97.2. The van der Waals surface area contributed by atoms with Crippen molar-refractivity contribution < 1.29 is 67.1 Å². The molecule has 3 aliphatic rings. The number of halogens is 1. The summed E-state index contributed by atoms with van der Waals surface area (Å²) in [7, 11) is 6.54. The number of aromatic nitrogens is 1. The molecule has 444 valence electrons. The molecule has 2 fully saturated rings. The topological polar surface area (TPSA) is 249 Å². The lowest BCUT2D eigenvalue weighted by molar-refractivity contribution is -0.162. The third kappa shape index (κ3) is 16.7. The van der Waals surface area contributed by atoms with Gasteiger partial charge in [-0.05, 0) is 76.0 Å². The molecule has 2 aromatic carbocycles. The van der Waals surface area contributed by atoms with Crippen molar-refractivity contribution in [1.82, 2.24) is 30.3 Å². The number of carbonyl (C=O) groups is 7. The van der Waals surface area contributed by atoms with Gasteiger partial charge in [0.15, 0.2) is 0 Å². The van der Waals surface area contributed by atoms with Crippen molar-refractivity contribution in [2.45, 2.75) is 129 Å². The van der Waals surface area contributed by atoms with Crippen LogP contribution in [0, 0.1) is 17.8 Å². The molecular weight excluding hydrogens is 1070 g/mol. The molecule has 21 nitrogen and oxygen atoms in total. The number of fused-ring (bicyclic) bond motifs is 6. The van der Waals surface area contributed by atoms with Gasteiger partial charge in [-0.3, -0.25) is 29.3 Å². The number of aryl methyl sites for hydroxylation is 1. The molecule has 3 aliphatic heterocycles. The van der Waals surface area contributed by atoms with Crippen LogP contribution in [-0.2, 0) is 72.0 Å². The monoisotopic (exact) mass is 1150 g/mol. The molecule has 5 amide bonds. The zero-order valence-electron chi connectivity index (χ0n) is 48.4. The van der Waals surface area contributed by atoms with Crippen LogP contribution in [0.15, 0.2) is 66.3 Å². The number of ether oxygens (including phenoxy) is 6. The van der Waals surface area contributed by atoms with E-state index in [1.54, 1.807) is 46.0 Å². The fourth-order valence-electron chi connectivity index (χ4n) is 10.3. The summed E-state index contributed by atoms with van der Waals surface area (Å²) >= 11 is 6.82. The largest absolute Gasteiger partial charge is 0.495 e. The highest BCUT2D eigenvalue weighted by atomic mass is 35.5. The highest BCUT2D eigenvalue weighted by Gasteiger charge is 2.64. The first-order valence-corrected chi connectivity index (χ1v) is 28.1. The van der Waals surface area contributed by atoms with E-state index in [0.717, 1.165) is 40.8 Å². The minimum Gasteiger partial charge on any atom is -0.495 e. The number of epoxide rings is 1. The predicted octanol–water partition coefficient (Wildman–Crippen LogP) is 5.49. The number of para-hydroxylation sites is 1. The van der Waals surface area contributed by atoms with Crippen LogP contribution >= 0.6 is 11.6 Å². The Balaban J connectivity index is 0.990. The number of esters is 1. The number of nitrogens with zero attached hydrogens (tertiary/aromatic N) is 4. The Labute approximate surface area is 479 Å². The van der Waals surface area contributed by atoms with Crippen LogP contribution in [0.2, 0.25) is 5.02 Å². The number of hydrogen-bond acceptors (Lipinski definition) is 15. The van der Waals surface area contributed by atoms with Gasteiger partial charge in [-0.2, -0.15) is 0 Å². The van der Waals surface area contributed by atoms with Crippen LogP contribution in [0.4, 0.5) is 10.5 Å².